The third-order valence-electron chi connectivity index (χ3n) is 1.77. The van der Waals surface area contributed by atoms with Crippen LogP contribution >= 0.6 is 11.6 Å². The molecule has 1 rings (SSSR count). The highest BCUT2D eigenvalue weighted by atomic mass is 35.5. The fraction of sp³-hybridized carbons (Fsp3) is 0.222. The van der Waals surface area contributed by atoms with Crippen LogP contribution in [-0.2, 0) is 9.53 Å². The third kappa shape index (κ3) is 2.20. The summed E-state index contributed by atoms with van der Waals surface area (Å²) in [6.07, 6.45) is 0. The lowest BCUT2D eigenvalue weighted by atomic mass is 10.1. The molecule has 0 amide bonds. The molecule has 0 aliphatic heterocycles. The smallest absolute Gasteiger partial charge is 0.369 e. The Labute approximate surface area is 81.4 Å². The van der Waals surface area contributed by atoms with Crippen molar-refractivity contribution in [1.29, 1.82) is 0 Å². The number of benzene rings is 1. The largest absolute Gasteiger partial charge is 0.464 e. The van der Waals surface area contributed by atoms with E-state index in [1.54, 1.807) is 18.2 Å². The zero-order valence-corrected chi connectivity index (χ0v) is 8.04. The van der Waals surface area contributed by atoms with E-state index in [9.17, 15) is 4.79 Å². The van der Waals surface area contributed by atoms with Crippen molar-refractivity contribution in [2.45, 2.75) is 6.04 Å². The quantitative estimate of drug-likeness (QED) is 0.718. The van der Waals surface area contributed by atoms with Gasteiger partial charge in [-0.1, -0.05) is 29.8 Å². The van der Waals surface area contributed by atoms with E-state index in [-0.39, 0.29) is 5.97 Å². The zero-order valence-electron chi connectivity index (χ0n) is 7.29. The zero-order chi connectivity index (χ0) is 9.84. The van der Waals surface area contributed by atoms with Crippen molar-refractivity contribution in [1.82, 2.24) is 0 Å². The van der Waals surface area contributed by atoms with Crippen LogP contribution in [-0.4, -0.2) is 13.1 Å². The lowest BCUT2D eigenvalue weighted by Gasteiger charge is -2.07. The van der Waals surface area contributed by atoms with Crippen molar-refractivity contribution in [3.05, 3.63) is 34.9 Å². The monoisotopic (exact) mass is 200 g/mol. The lowest BCUT2D eigenvalue weighted by Crippen LogP contribution is -2.57. The van der Waals surface area contributed by atoms with Crippen LogP contribution in [0.2, 0.25) is 5.02 Å². The summed E-state index contributed by atoms with van der Waals surface area (Å²) in [6, 6.07) is 6.53. The van der Waals surface area contributed by atoms with Crippen molar-refractivity contribution in [3.63, 3.8) is 0 Å². The maximum absolute atomic E-state index is 11.1. The van der Waals surface area contributed by atoms with Gasteiger partial charge in [0.2, 0.25) is 6.04 Å². The molecule has 3 nitrogen and oxygen atoms in total. The number of carbonyl (C=O) groups excluding carboxylic acids is 1. The van der Waals surface area contributed by atoms with E-state index < -0.39 is 6.04 Å². The molecule has 70 valence electrons. The minimum atomic E-state index is -0.557. The summed E-state index contributed by atoms with van der Waals surface area (Å²) in [6.45, 7) is 0. The summed E-state index contributed by atoms with van der Waals surface area (Å²) < 4.78 is 4.56. The molecule has 0 saturated heterocycles. The van der Waals surface area contributed by atoms with E-state index in [0.717, 1.165) is 0 Å². The first-order chi connectivity index (χ1) is 6.16. The second-order valence-corrected chi connectivity index (χ2v) is 3.00. The molecule has 0 bridgehead atoms. The molecule has 0 saturated carbocycles. The highest BCUT2D eigenvalue weighted by Gasteiger charge is 2.22. The molecule has 0 heterocycles. The van der Waals surface area contributed by atoms with Gasteiger partial charge in [-0.25, -0.2) is 4.79 Å². The predicted molar refractivity (Wildman–Crippen MR) is 49.1 cm³/mol. The molecule has 0 fully saturated rings. The number of methoxy groups -OCH3 is 1. The van der Waals surface area contributed by atoms with E-state index in [1.165, 1.54) is 7.11 Å². The van der Waals surface area contributed by atoms with Gasteiger partial charge in [-0.05, 0) is 6.07 Å². The Bertz CT molecular complexity index is 314. The van der Waals surface area contributed by atoms with Crippen LogP contribution in [0.5, 0.6) is 0 Å². The summed E-state index contributed by atoms with van der Waals surface area (Å²) in [5, 5.41) is 0.535. The number of rotatable bonds is 2. The van der Waals surface area contributed by atoms with Crippen LogP contribution in [0.25, 0.3) is 0 Å². The number of ether oxygens (including phenoxy) is 1. The molecule has 3 N–H and O–H groups in total. The third-order valence-corrected chi connectivity index (χ3v) is 2.11. The van der Waals surface area contributed by atoms with E-state index in [4.69, 9.17) is 11.6 Å². The SMILES string of the molecule is COC(=O)C([NH3+])c1ccccc1Cl. The van der Waals surface area contributed by atoms with Crippen molar-refractivity contribution >= 4 is 17.6 Å². The van der Waals surface area contributed by atoms with Gasteiger partial charge in [0, 0.05) is 5.56 Å². The highest BCUT2D eigenvalue weighted by molar-refractivity contribution is 6.31. The van der Waals surface area contributed by atoms with E-state index in [2.05, 4.69) is 10.5 Å². The van der Waals surface area contributed by atoms with Crippen LogP contribution in [0.4, 0.5) is 0 Å². The molecule has 4 heteroatoms. The number of hydrogen-bond acceptors (Lipinski definition) is 2. The molecule has 1 aromatic rings. The first kappa shape index (κ1) is 10.0. The molecule has 13 heavy (non-hydrogen) atoms. The highest BCUT2D eigenvalue weighted by Crippen LogP contribution is 2.20. The van der Waals surface area contributed by atoms with Gasteiger partial charge in [-0.3, -0.25) is 0 Å². The molecule has 0 aliphatic carbocycles. The Balaban J connectivity index is 2.95. The van der Waals surface area contributed by atoms with Gasteiger partial charge >= 0.3 is 5.97 Å². The van der Waals surface area contributed by atoms with Gasteiger partial charge in [0.05, 0.1) is 12.1 Å². The van der Waals surface area contributed by atoms with Crippen LogP contribution in [0, 0.1) is 0 Å². The van der Waals surface area contributed by atoms with Crippen molar-refractivity contribution < 1.29 is 15.3 Å². The number of quaternary nitrogens is 1. The average molecular weight is 201 g/mol. The fourth-order valence-electron chi connectivity index (χ4n) is 1.03. The molecule has 1 aromatic carbocycles. The Kier molecular flexibility index (Phi) is 3.28. The first-order valence-corrected chi connectivity index (χ1v) is 4.20. The number of esters is 1. The number of halogens is 1. The summed E-state index contributed by atoms with van der Waals surface area (Å²) in [4.78, 5) is 11.1. The second kappa shape index (κ2) is 4.25. The summed E-state index contributed by atoms with van der Waals surface area (Å²) in [7, 11) is 1.33. The normalized spacial score (nSPS) is 12.2. The predicted octanol–water partition coefficient (Wildman–Crippen LogP) is 0.796. The molecule has 1 atom stereocenters. The van der Waals surface area contributed by atoms with E-state index in [1.807, 2.05) is 6.07 Å². The van der Waals surface area contributed by atoms with Gasteiger partial charge in [0.15, 0.2) is 0 Å². The van der Waals surface area contributed by atoms with E-state index in [0.29, 0.717) is 10.6 Å². The van der Waals surface area contributed by atoms with Crippen LogP contribution < -0.4 is 5.73 Å². The molecule has 0 spiro atoms. The van der Waals surface area contributed by atoms with Crippen molar-refractivity contribution in [3.8, 4) is 0 Å². The second-order valence-electron chi connectivity index (χ2n) is 2.60. The maximum Gasteiger partial charge on any atom is 0.369 e. The number of carbonyl (C=O) groups is 1. The Morgan fingerprint density at radius 3 is 2.69 bits per heavy atom. The lowest BCUT2D eigenvalue weighted by molar-refractivity contribution is -0.414. The van der Waals surface area contributed by atoms with E-state index >= 15 is 0 Å². The summed E-state index contributed by atoms with van der Waals surface area (Å²) in [5.74, 6) is -0.381. The standard InChI is InChI=1S/C9H10ClNO2/c1-13-9(12)8(11)6-4-2-3-5-7(6)10/h2-5,8H,11H2,1H3/p+1. The molecule has 0 radical (unpaired) electrons. The van der Waals surface area contributed by atoms with Crippen LogP contribution in [0.15, 0.2) is 24.3 Å². The Morgan fingerprint density at radius 2 is 2.15 bits per heavy atom. The van der Waals surface area contributed by atoms with Gasteiger partial charge in [-0.15, -0.1) is 0 Å². The minimum absolute atomic E-state index is 0.381. The Hall–Kier alpha value is -1.06. The Morgan fingerprint density at radius 1 is 1.54 bits per heavy atom. The topological polar surface area (TPSA) is 53.9 Å². The molecule has 1 unspecified atom stereocenters. The van der Waals surface area contributed by atoms with Crippen molar-refractivity contribution in [2.75, 3.05) is 7.11 Å². The maximum atomic E-state index is 11.1. The van der Waals surface area contributed by atoms with Gasteiger partial charge < -0.3 is 10.5 Å². The van der Waals surface area contributed by atoms with Gasteiger partial charge in [-0.2, -0.15) is 0 Å². The van der Waals surface area contributed by atoms with Gasteiger partial charge in [0.25, 0.3) is 0 Å². The van der Waals surface area contributed by atoms with Gasteiger partial charge in [0.1, 0.15) is 0 Å². The van der Waals surface area contributed by atoms with Crippen molar-refractivity contribution in [2.24, 2.45) is 0 Å². The summed E-state index contributed by atoms with van der Waals surface area (Å²) >= 11 is 5.87. The van der Waals surface area contributed by atoms with Crippen LogP contribution in [0.1, 0.15) is 11.6 Å². The first-order valence-electron chi connectivity index (χ1n) is 3.82. The average Bonchev–Trinajstić information content (AvgIpc) is 2.16. The minimum Gasteiger partial charge on any atom is -0.464 e. The van der Waals surface area contributed by atoms with Crippen LogP contribution in [0.3, 0.4) is 0 Å². The molecular formula is C9H11ClNO2+. The molecule has 0 aromatic heterocycles. The fourth-order valence-corrected chi connectivity index (χ4v) is 1.29. The number of hydrogen-bond donors (Lipinski definition) is 1. The summed E-state index contributed by atoms with van der Waals surface area (Å²) in [5.41, 5.74) is 4.37. The molecular weight excluding hydrogens is 190 g/mol. The molecule has 0 aliphatic rings.